The maximum Gasteiger partial charge on any atom is 0.299 e. The Morgan fingerprint density at radius 2 is 2.21 bits per heavy atom. The molecule has 0 fully saturated rings. The number of nitrogens with one attached hydrogen (secondary N) is 2. The van der Waals surface area contributed by atoms with Gasteiger partial charge in [-0.3, -0.25) is 4.72 Å². The SMILES string of the molecule is CCNS(=O)(=O)Nc1ccc(Cl)nc1. The number of aromatic nitrogens is 1. The van der Waals surface area contributed by atoms with Crippen LogP contribution in [-0.2, 0) is 10.2 Å². The molecule has 0 aliphatic rings. The largest absolute Gasteiger partial charge is 0.299 e. The average Bonchev–Trinajstić information content (AvgIpc) is 2.08. The van der Waals surface area contributed by atoms with E-state index >= 15 is 0 Å². The Bertz CT molecular complexity index is 390. The first-order valence-corrected chi connectivity index (χ1v) is 5.78. The first-order chi connectivity index (χ1) is 6.53. The van der Waals surface area contributed by atoms with Crippen molar-refractivity contribution in [2.45, 2.75) is 6.92 Å². The van der Waals surface area contributed by atoms with Gasteiger partial charge in [-0.15, -0.1) is 0 Å². The Kier molecular flexibility index (Phi) is 3.68. The van der Waals surface area contributed by atoms with Crippen molar-refractivity contribution in [3.8, 4) is 0 Å². The van der Waals surface area contributed by atoms with E-state index in [-0.39, 0.29) is 0 Å². The quantitative estimate of drug-likeness (QED) is 0.765. The van der Waals surface area contributed by atoms with Gasteiger partial charge in [0.05, 0.1) is 11.9 Å². The van der Waals surface area contributed by atoms with Gasteiger partial charge in [0.1, 0.15) is 5.15 Å². The van der Waals surface area contributed by atoms with Gasteiger partial charge in [0.2, 0.25) is 0 Å². The van der Waals surface area contributed by atoms with Crippen LogP contribution in [0.4, 0.5) is 5.69 Å². The lowest BCUT2D eigenvalue weighted by atomic mass is 10.4. The van der Waals surface area contributed by atoms with Gasteiger partial charge in [0.25, 0.3) is 10.2 Å². The highest BCUT2D eigenvalue weighted by Crippen LogP contribution is 2.10. The zero-order valence-electron chi connectivity index (χ0n) is 7.49. The summed E-state index contributed by atoms with van der Waals surface area (Å²) in [7, 11) is -3.48. The predicted molar refractivity (Wildman–Crippen MR) is 55.5 cm³/mol. The molecule has 0 spiro atoms. The fraction of sp³-hybridized carbons (Fsp3) is 0.286. The molecule has 0 amide bonds. The smallest absolute Gasteiger partial charge is 0.270 e. The third-order valence-corrected chi connectivity index (χ3v) is 2.71. The molecule has 0 saturated carbocycles. The van der Waals surface area contributed by atoms with Gasteiger partial charge in [-0.1, -0.05) is 18.5 Å². The molecule has 0 aliphatic carbocycles. The molecule has 0 atom stereocenters. The molecule has 0 saturated heterocycles. The van der Waals surface area contributed by atoms with Crippen molar-refractivity contribution in [1.82, 2.24) is 9.71 Å². The summed E-state index contributed by atoms with van der Waals surface area (Å²) in [6, 6.07) is 3.04. The molecule has 1 aromatic heterocycles. The zero-order chi connectivity index (χ0) is 10.6. The van der Waals surface area contributed by atoms with E-state index in [2.05, 4.69) is 14.4 Å². The van der Waals surface area contributed by atoms with E-state index in [1.807, 2.05) is 0 Å². The molecule has 14 heavy (non-hydrogen) atoms. The van der Waals surface area contributed by atoms with Crippen molar-refractivity contribution in [1.29, 1.82) is 0 Å². The Balaban J connectivity index is 2.74. The number of hydrogen-bond donors (Lipinski definition) is 2. The summed E-state index contributed by atoms with van der Waals surface area (Å²) in [5, 5.41) is 0.316. The molecule has 1 heterocycles. The van der Waals surface area contributed by atoms with E-state index in [0.717, 1.165) is 0 Å². The highest BCUT2D eigenvalue weighted by Gasteiger charge is 2.07. The normalized spacial score (nSPS) is 11.3. The number of hydrogen-bond acceptors (Lipinski definition) is 3. The van der Waals surface area contributed by atoms with Gasteiger partial charge in [-0.25, -0.2) is 4.98 Å². The fourth-order valence-electron chi connectivity index (χ4n) is 0.817. The standard InChI is InChI=1S/C7H10ClN3O2S/c1-2-10-14(12,13)11-6-3-4-7(8)9-5-6/h3-5,10-11H,2H2,1H3. The number of nitrogens with zero attached hydrogens (tertiary/aromatic N) is 1. The summed E-state index contributed by atoms with van der Waals surface area (Å²) >= 11 is 5.54. The second-order valence-electron chi connectivity index (χ2n) is 2.47. The minimum atomic E-state index is -3.48. The minimum absolute atomic E-state index is 0.316. The molecule has 0 radical (unpaired) electrons. The van der Waals surface area contributed by atoms with Crippen LogP contribution in [0.25, 0.3) is 0 Å². The first kappa shape index (κ1) is 11.2. The Morgan fingerprint density at radius 1 is 1.50 bits per heavy atom. The molecule has 7 heteroatoms. The monoisotopic (exact) mass is 235 g/mol. The van der Waals surface area contributed by atoms with Gasteiger partial charge in [0.15, 0.2) is 0 Å². The summed E-state index contributed by atoms with van der Waals surface area (Å²) in [4.78, 5) is 3.73. The molecule has 1 rings (SSSR count). The fourth-order valence-corrected chi connectivity index (χ4v) is 1.81. The van der Waals surface area contributed by atoms with E-state index in [1.165, 1.54) is 18.3 Å². The predicted octanol–water partition coefficient (Wildman–Crippen LogP) is 1.00. The lowest BCUT2D eigenvalue weighted by Crippen LogP contribution is -2.29. The van der Waals surface area contributed by atoms with Gasteiger partial charge < -0.3 is 0 Å². The van der Waals surface area contributed by atoms with Crippen LogP contribution in [0.2, 0.25) is 5.15 Å². The van der Waals surface area contributed by atoms with Crippen molar-refractivity contribution in [2.75, 3.05) is 11.3 Å². The number of anilines is 1. The van der Waals surface area contributed by atoms with Crippen LogP contribution in [-0.4, -0.2) is 19.9 Å². The highest BCUT2D eigenvalue weighted by molar-refractivity contribution is 7.90. The molecular formula is C7H10ClN3O2S. The maximum absolute atomic E-state index is 11.2. The third kappa shape index (κ3) is 3.49. The molecule has 1 aromatic rings. The zero-order valence-corrected chi connectivity index (χ0v) is 9.06. The molecular weight excluding hydrogens is 226 g/mol. The number of rotatable bonds is 4. The van der Waals surface area contributed by atoms with Crippen molar-refractivity contribution in [3.63, 3.8) is 0 Å². The maximum atomic E-state index is 11.2. The lowest BCUT2D eigenvalue weighted by molar-refractivity contribution is 0.589. The van der Waals surface area contributed by atoms with Crippen molar-refractivity contribution < 1.29 is 8.42 Å². The van der Waals surface area contributed by atoms with Gasteiger partial charge >= 0.3 is 0 Å². The van der Waals surface area contributed by atoms with Crippen LogP contribution in [0.1, 0.15) is 6.92 Å². The van der Waals surface area contributed by atoms with Gasteiger partial charge in [0, 0.05) is 6.54 Å². The number of pyridine rings is 1. The average molecular weight is 236 g/mol. The molecule has 0 unspecified atom stereocenters. The van der Waals surface area contributed by atoms with E-state index in [0.29, 0.717) is 17.4 Å². The van der Waals surface area contributed by atoms with Crippen molar-refractivity contribution in [2.24, 2.45) is 0 Å². The van der Waals surface area contributed by atoms with E-state index in [4.69, 9.17) is 11.6 Å². The van der Waals surface area contributed by atoms with Crippen LogP contribution in [0, 0.1) is 0 Å². The first-order valence-electron chi connectivity index (χ1n) is 3.92. The van der Waals surface area contributed by atoms with Crippen LogP contribution < -0.4 is 9.44 Å². The van der Waals surface area contributed by atoms with E-state index in [9.17, 15) is 8.42 Å². The van der Waals surface area contributed by atoms with E-state index < -0.39 is 10.2 Å². The summed E-state index contributed by atoms with van der Waals surface area (Å²) < 4.78 is 27.0. The summed E-state index contributed by atoms with van der Waals surface area (Å²) in [5.74, 6) is 0. The summed E-state index contributed by atoms with van der Waals surface area (Å²) in [6.07, 6.45) is 1.34. The molecule has 5 nitrogen and oxygen atoms in total. The molecule has 2 N–H and O–H groups in total. The Labute approximate surface area is 87.7 Å². The lowest BCUT2D eigenvalue weighted by Gasteiger charge is -2.06. The Hall–Kier alpha value is -0.850. The van der Waals surface area contributed by atoms with Crippen LogP contribution in [0.5, 0.6) is 0 Å². The molecule has 0 aliphatic heterocycles. The topological polar surface area (TPSA) is 71.1 Å². The summed E-state index contributed by atoms with van der Waals surface area (Å²) in [6.45, 7) is 2.02. The molecule has 78 valence electrons. The van der Waals surface area contributed by atoms with Gasteiger partial charge in [-0.2, -0.15) is 13.1 Å². The highest BCUT2D eigenvalue weighted by atomic mass is 35.5. The summed E-state index contributed by atoms with van der Waals surface area (Å²) in [5.41, 5.74) is 0.371. The third-order valence-electron chi connectivity index (χ3n) is 1.31. The molecule has 0 aromatic carbocycles. The van der Waals surface area contributed by atoms with Gasteiger partial charge in [-0.05, 0) is 12.1 Å². The Morgan fingerprint density at radius 3 is 2.71 bits per heavy atom. The second kappa shape index (κ2) is 4.59. The number of halogens is 1. The second-order valence-corrected chi connectivity index (χ2v) is 4.36. The molecule has 0 bridgehead atoms. The van der Waals surface area contributed by atoms with Crippen LogP contribution in [0.3, 0.4) is 0 Å². The van der Waals surface area contributed by atoms with Crippen molar-refractivity contribution >= 4 is 27.5 Å². The van der Waals surface area contributed by atoms with E-state index in [1.54, 1.807) is 6.92 Å². The van der Waals surface area contributed by atoms with Crippen LogP contribution >= 0.6 is 11.6 Å². The van der Waals surface area contributed by atoms with Crippen molar-refractivity contribution in [3.05, 3.63) is 23.5 Å². The van der Waals surface area contributed by atoms with Crippen LogP contribution in [0.15, 0.2) is 18.3 Å². The minimum Gasteiger partial charge on any atom is -0.270 e.